The number of rotatable bonds is 44. The van der Waals surface area contributed by atoms with Crippen molar-refractivity contribution in [2.24, 2.45) is 0 Å². The van der Waals surface area contributed by atoms with Crippen LogP contribution in [-0.4, -0.2) is 37.2 Å². The molecule has 0 aliphatic heterocycles. The summed E-state index contributed by atoms with van der Waals surface area (Å²) in [6.45, 7) is 6.44. The summed E-state index contributed by atoms with van der Waals surface area (Å²) in [4.78, 5) is 37.9. The van der Waals surface area contributed by atoms with E-state index in [2.05, 4.69) is 45.1 Å². The van der Waals surface area contributed by atoms with Gasteiger partial charge in [0.15, 0.2) is 6.10 Å². The van der Waals surface area contributed by atoms with Crippen LogP contribution in [0.15, 0.2) is 72.9 Å². The summed E-state index contributed by atoms with van der Waals surface area (Å²) in [6.07, 6.45) is 60.2. The molecule has 0 aromatic heterocycles. The minimum absolute atomic E-state index is 0.0959. The zero-order valence-electron chi connectivity index (χ0n) is 39.2. The Morgan fingerprint density at radius 2 is 0.667 bits per heavy atom. The Hall–Kier alpha value is -3.15. The molecule has 0 heterocycles. The highest BCUT2D eigenvalue weighted by atomic mass is 16.6. The Morgan fingerprint density at radius 3 is 1.08 bits per heavy atom. The summed E-state index contributed by atoms with van der Waals surface area (Å²) in [7, 11) is 0. The second-order valence-corrected chi connectivity index (χ2v) is 16.5. The van der Waals surface area contributed by atoms with E-state index in [9.17, 15) is 14.4 Å². The molecule has 0 N–H and O–H groups in total. The molecule has 60 heavy (non-hydrogen) atoms. The number of ether oxygens (including phenoxy) is 3. The molecule has 0 aromatic rings. The second kappa shape index (κ2) is 48.5. The summed E-state index contributed by atoms with van der Waals surface area (Å²) in [5.41, 5.74) is 0. The first-order chi connectivity index (χ1) is 29.5. The van der Waals surface area contributed by atoms with Gasteiger partial charge in [-0.25, -0.2) is 0 Å². The van der Waals surface area contributed by atoms with Gasteiger partial charge in [-0.3, -0.25) is 14.4 Å². The molecule has 0 spiro atoms. The van der Waals surface area contributed by atoms with Crippen LogP contribution in [0.3, 0.4) is 0 Å². The van der Waals surface area contributed by atoms with Crippen LogP contribution in [0.1, 0.15) is 233 Å². The van der Waals surface area contributed by atoms with Crippen molar-refractivity contribution in [3.05, 3.63) is 72.9 Å². The molecule has 0 amide bonds. The Bertz CT molecular complexity index is 1140. The van der Waals surface area contributed by atoms with E-state index in [0.717, 1.165) is 83.5 Å². The molecule has 0 radical (unpaired) electrons. The zero-order valence-corrected chi connectivity index (χ0v) is 39.2. The van der Waals surface area contributed by atoms with Crippen LogP contribution in [-0.2, 0) is 28.6 Å². The normalized spacial score (nSPS) is 12.7. The molecule has 344 valence electrons. The molecule has 6 heteroatoms. The van der Waals surface area contributed by atoms with Crippen molar-refractivity contribution in [1.29, 1.82) is 0 Å². The molecule has 0 fully saturated rings. The number of esters is 3. The van der Waals surface area contributed by atoms with Crippen LogP contribution in [0.25, 0.3) is 0 Å². The molecule has 0 bridgehead atoms. The second-order valence-electron chi connectivity index (χ2n) is 16.5. The van der Waals surface area contributed by atoms with E-state index >= 15 is 0 Å². The van der Waals surface area contributed by atoms with Crippen LogP contribution in [0.4, 0.5) is 0 Å². The van der Waals surface area contributed by atoms with E-state index in [1.807, 2.05) is 48.6 Å². The van der Waals surface area contributed by atoms with E-state index in [1.165, 1.54) is 109 Å². The topological polar surface area (TPSA) is 78.9 Å². The SMILES string of the molecule is CC\C=C/C=C\C=C/C=C\C=C/CCCCCC(=O)OCC(COC(=O)CCCCC/C=C\CCCCCCCC)OC(=O)CCCCCCCCCCCCCCCC. The first-order valence-corrected chi connectivity index (χ1v) is 25.0. The van der Waals surface area contributed by atoms with Crippen molar-refractivity contribution in [2.45, 2.75) is 239 Å². The lowest BCUT2D eigenvalue weighted by Gasteiger charge is -2.18. The Balaban J connectivity index is 4.47. The zero-order chi connectivity index (χ0) is 43.7. The van der Waals surface area contributed by atoms with Crippen LogP contribution < -0.4 is 0 Å². The smallest absolute Gasteiger partial charge is 0.306 e. The van der Waals surface area contributed by atoms with Gasteiger partial charge >= 0.3 is 17.9 Å². The number of carbonyl (C=O) groups is 3. The number of unbranched alkanes of at least 4 members (excludes halogenated alkanes) is 25. The van der Waals surface area contributed by atoms with Gasteiger partial charge in [0.25, 0.3) is 0 Å². The molecular weight excluding hydrogens is 745 g/mol. The van der Waals surface area contributed by atoms with Crippen LogP contribution in [0, 0.1) is 0 Å². The van der Waals surface area contributed by atoms with Gasteiger partial charge in [0, 0.05) is 19.3 Å². The molecule has 0 saturated carbocycles. The summed E-state index contributed by atoms with van der Waals surface area (Å²) in [5.74, 6) is -0.951. The number of hydrogen-bond acceptors (Lipinski definition) is 6. The average molecular weight is 837 g/mol. The third-order valence-electron chi connectivity index (χ3n) is 10.6. The van der Waals surface area contributed by atoms with E-state index in [4.69, 9.17) is 14.2 Å². The maximum absolute atomic E-state index is 12.8. The lowest BCUT2D eigenvalue weighted by Crippen LogP contribution is -2.30. The Kier molecular flexibility index (Phi) is 46.0. The summed E-state index contributed by atoms with van der Waals surface area (Å²) in [6, 6.07) is 0. The molecule has 0 aromatic carbocycles. The monoisotopic (exact) mass is 837 g/mol. The van der Waals surface area contributed by atoms with Crippen molar-refractivity contribution in [2.75, 3.05) is 13.2 Å². The van der Waals surface area contributed by atoms with Crippen molar-refractivity contribution < 1.29 is 28.6 Å². The summed E-state index contributed by atoms with van der Waals surface area (Å²) >= 11 is 0. The number of allylic oxidation sites excluding steroid dienone is 12. The van der Waals surface area contributed by atoms with E-state index in [1.54, 1.807) is 0 Å². The van der Waals surface area contributed by atoms with Crippen molar-refractivity contribution >= 4 is 17.9 Å². The molecule has 0 saturated heterocycles. The number of carbonyl (C=O) groups excluding carboxylic acids is 3. The third kappa shape index (κ3) is 45.9. The first-order valence-electron chi connectivity index (χ1n) is 25.0. The molecule has 0 aliphatic carbocycles. The summed E-state index contributed by atoms with van der Waals surface area (Å²) in [5, 5.41) is 0. The highest BCUT2D eigenvalue weighted by molar-refractivity contribution is 5.71. The number of hydrogen-bond donors (Lipinski definition) is 0. The van der Waals surface area contributed by atoms with Crippen molar-refractivity contribution in [3.63, 3.8) is 0 Å². The molecule has 6 nitrogen and oxygen atoms in total. The average Bonchev–Trinajstić information content (AvgIpc) is 3.24. The predicted octanol–water partition coefficient (Wildman–Crippen LogP) is 16.3. The van der Waals surface area contributed by atoms with E-state index in [-0.39, 0.29) is 31.1 Å². The van der Waals surface area contributed by atoms with Gasteiger partial charge < -0.3 is 14.2 Å². The maximum Gasteiger partial charge on any atom is 0.306 e. The molecule has 0 aliphatic rings. The van der Waals surface area contributed by atoms with Gasteiger partial charge in [-0.05, 0) is 64.2 Å². The minimum atomic E-state index is -0.796. The van der Waals surface area contributed by atoms with E-state index < -0.39 is 6.10 Å². The molecule has 0 rings (SSSR count). The van der Waals surface area contributed by atoms with Crippen molar-refractivity contribution in [1.82, 2.24) is 0 Å². The van der Waals surface area contributed by atoms with Crippen LogP contribution in [0.2, 0.25) is 0 Å². The van der Waals surface area contributed by atoms with Gasteiger partial charge in [0.1, 0.15) is 13.2 Å². The largest absolute Gasteiger partial charge is 0.462 e. The van der Waals surface area contributed by atoms with Gasteiger partial charge in [0.2, 0.25) is 0 Å². The van der Waals surface area contributed by atoms with Gasteiger partial charge in [-0.15, -0.1) is 0 Å². The van der Waals surface area contributed by atoms with Crippen molar-refractivity contribution in [3.8, 4) is 0 Å². The molecular formula is C54H92O6. The standard InChI is InChI=1S/C54H92O6/c1-4-7-10-13-16-19-22-25-27-30-32-35-38-41-44-47-53(56)59-50-51(49-58-52(55)46-43-40-37-34-31-28-24-21-18-15-12-9-6-3)60-54(57)48-45-42-39-36-33-29-26-23-20-17-14-11-8-5-2/h7,10,13,16,19,22,25,27-28,30-32,51H,4-6,8-9,11-12,14-15,17-18,20-21,23-24,26,29,33-50H2,1-3H3/b10-7-,16-13-,22-19-,27-25-,31-28-,32-30-. The van der Waals surface area contributed by atoms with E-state index in [0.29, 0.717) is 19.3 Å². The minimum Gasteiger partial charge on any atom is -0.462 e. The van der Waals surface area contributed by atoms with Crippen LogP contribution >= 0.6 is 0 Å². The lowest BCUT2D eigenvalue weighted by molar-refractivity contribution is -0.167. The van der Waals surface area contributed by atoms with Crippen LogP contribution in [0.5, 0.6) is 0 Å². The quantitative estimate of drug-likeness (QED) is 0.0200. The fourth-order valence-corrected chi connectivity index (χ4v) is 6.81. The lowest BCUT2D eigenvalue weighted by atomic mass is 10.0. The molecule has 1 unspecified atom stereocenters. The highest BCUT2D eigenvalue weighted by Crippen LogP contribution is 2.15. The molecule has 1 atom stereocenters. The fraction of sp³-hybridized carbons (Fsp3) is 0.722. The highest BCUT2D eigenvalue weighted by Gasteiger charge is 2.19. The third-order valence-corrected chi connectivity index (χ3v) is 10.6. The summed E-state index contributed by atoms with van der Waals surface area (Å²) < 4.78 is 16.7. The predicted molar refractivity (Wildman–Crippen MR) is 256 cm³/mol. The van der Waals surface area contributed by atoms with Gasteiger partial charge in [-0.1, -0.05) is 222 Å². The Morgan fingerprint density at radius 1 is 0.350 bits per heavy atom. The Labute approximate surface area is 370 Å². The first kappa shape index (κ1) is 56.9. The van der Waals surface area contributed by atoms with Gasteiger partial charge in [0.05, 0.1) is 0 Å². The van der Waals surface area contributed by atoms with Gasteiger partial charge in [-0.2, -0.15) is 0 Å². The fourth-order valence-electron chi connectivity index (χ4n) is 6.81. The maximum atomic E-state index is 12.8.